The molecule has 0 saturated heterocycles. The van der Waals surface area contributed by atoms with Gasteiger partial charge in [0.25, 0.3) is 0 Å². The molecule has 0 unspecified atom stereocenters. The minimum atomic E-state index is 1.15. The molecule has 0 fully saturated rings. The summed E-state index contributed by atoms with van der Waals surface area (Å²) in [5, 5.41) is 1.15. The maximum absolute atomic E-state index is 2.29. The van der Waals surface area contributed by atoms with E-state index in [1.807, 2.05) is 0 Å². The van der Waals surface area contributed by atoms with Crippen LogP contribution in [0.2, 0.25) is 0 Å². The fraction of sp³-hybridized carbons (Fsp3) is 0.455. The Morgan fingerprint density at radius 1 is 1.00 bits per heavy atom. The van der Waals surface area contributed by atoms with Gasteiger partial charge in [-0.05, 0) is 0 Å². The van der Waals surface area contributed by atoms with Crippen LogP contribution in [-0.4, -0.2) is 17.7 Å². The monoisotopic (exact) mass is 154 g/mol. The molecule has 0 aromatic heterocycles. The molecule has 12 heavy (non-hydrogen) atoms. The van der Waals surface area contributed by atoms with Gasteiger partial charge in [-0.25, -0.2) is 0 Å². The SMILES string of the molecule is [Li][CH2]c1c(C)cc(C)c(C)c1C. The molecule has 0 N–H and O–H groups in total. The van der Waals surface area contributed by atoms with E-state index >= 15 is 0 Å². The van der Waals surface area contributed by atoms with Gasteiger partial charge in [0.15, 0.2) is 0 Å². The third-order valence-electron chi connectivity index (χ3n) is 2.87. The summed E-state index contributed by atoms with van der Waals surface area (Å²) in [6.07, 6.45) is 0. The Balaban J connectivity index is 3.40. The summed E-state index contributed by atoms with van der Waals surface area (Å²) < 4.78 is 0. The molecule has 0 aliphatic heterocycles. The summed E-state index contributed by atoms with van der Waals surface area (Å²) in [4.78, 5) is 0. The predicted octanol–water partition coefficient (Wildman–Crippen LogP) is 2.59. The quantitative estimate of drug-likeness (QED) is 0.545. The van der Waals surface area contributed by atoms with Crippen LogP contribution in [0, 0.1) is 27.7 Å². The van der Waals surface area contributed by atoms with Crippen molar-refractivity contribution in [1.82, 2.24) is 0 Å². The van der Waals surface area contributed by atoms with Crippen LogP contribution in [0.4, 0.5) is 0 Å². The fourth-order valence-electron chi connectivity index (χ4n) is 1.88. The van der Waals surface area contributed by atoms with E-state index in [1.54, 1.807) is 0 Å². The molecular weight excluding hydrogens is 139 g/mol. The third kappa shape index (κ3) is 1.60. The van der Waals surface area contributed by atoms with Crippen LogP contribution in [0.1, 0.15) is 27.8 Å². The minimum absolute atomic E-state index is 1.15. The molecule has 0 nitrogen and oxygen atoms in total. The van der Waals surface area contributed by atoms with Crippen molar-refractivity contribution in [3.63, 3.8) is 0 Å². The van der Waals surface area contributed by atoms with Crippen molar-refractivity contribution < 1.29 is 0 Å². The van der Waals surface area contributed by atoms with E-state index in [0.29, 0.717) is 0 Å². The second kappa shape index (κ2) is 3.69. The van der Waals surface area contributed by atoms with Crippen LogP contribution >= 0.6 is 0 Å². The Morgan fingerprint density at radius 2 is 1.58 bits per heavy atom. The van der Waals surface area contributed by atoms with Gasteiger partial charge < -0.3 is 0 Å². The van der Waals surface area contributed by atoms with E-state index in [1.165, 1.54) is 27.8 Å². The molecular formula is C11H15Li. The molecule has 0 heterocycles. The first-order valence-corrected chi connectivity index (χ1v) is 4.64. The summed E-state index contributed by atoms with van der Waals surface area (Å²) in [6, 6.07) is 2.29. The van der Waals surface area contributed by atoms with E-state index in [4.69, 9.17) is 0 Å². The van der Waals surface area contributed by atoms with Crippen LogP contribution in [0.3, 0.4) is 0 Å². The maximum atomic E-state index is 2.29. The number of rotatable bonds is 1. The van der Waals surface area contributed by atoms with Crippen molar-refractivity contribution in [2.45, 2.75) is 32.8 Å². The molecule has 0 amide bonds. The predicted molar refractivity (Wildman–Crippen MR) is 54.8 cm³/mol. The first kappa shape index (κ1) is 9.90. The van der Waals surface area contributed by atoms with Crippen LogP contribution < -0.4 is 0 Å². The molecule has 0 saturated carbocycles. The van der Waals surface area contributed by atoms with E-state index in [2.05, 4.69) is 51.5 Å². The normalized spacial score (nSPS) is 10.5. The fourth-order valence-corrected chi connectivity index (χ4v) is 1.88. The molecule has 1 rings (SSSR count). The van der Waals surface area contributed by atoms with Gasteiger partial charge >= 0.3 is 84.4 Å². The van der Waals surface area contributed by atoms with E-state index < -0.39 is 0 Å². The summed E-state index contributed by atoms with van der Waals surface area (Å²) in [7, 11) is 0. The first-order chi connectivity index (χ1) is 5.57. The van der Waals surface area contributed by atoms with E-state index in [-0.39, 0.29) is 0 Å². The van der Waals surface area contributed by atoms with Crippen molar-refractivity contribution in [1.29, 1.82) is 0 Å². The van der Waals surface area contributed by atoms with Crippen LogP contribution in [0.15, 0.2) is 6.07 Å². The number of hydrogen-bond donors (Lipinski definition) is 0. The summed E-state index contributed by atoms with van der Waals surface area (Å²) in [5.41, 5.74) is 7.32. The molecule has 0 bridgehead atoms. The Bertz CT molecular complexity index is 300. The standard InChI is InChI=1S/C11H15.Li/c1-7-6-8(2)10(4)11(5)9(7)3;/h6H,3H2,1-2,4-5H3;. The van der Waals surface area contributed by atoms with Gasteiger partial charge in [-0.2, -0.15) is 0 Å². The summed E-state index contributed by atoms with van der Waals surface area (Å²) >= 11 is 2.23. The average Bonchev–Trinajstić information content (AvgIpc) is 2.01. The summed E-state index contributed by atoms with van der Waals surface area (Å²) in [6.45, 7) is 8.84. The molecule has 60 valence electrons. The molecule has 0 aliphatic rings. The van der Waals surface area contributed by atoms with Gasteiger partial charge in [-0.3, -0.25) is 0 Å². The molecule has 0 aliphatic carbocycles. The zero-order valence-electron chi connectivity index (χ0n) is 8.78. The molecule has 0 spiro atoms. The molecule has 1 heteroatoms. The first-order valence-electron chi connectivity index (χ1n) is 4.64. The second-order valence-corrected chi connectivity index (χ2v) is 3.59. The summed E-state index contributed by atoms with van der Waals surface area (Å²) in [5.74, 6) is 0. The van der Waals surface area contributed by atoms with Gasteiger partial charge in [0.1, 0.15) is 0 Å². The van der Waals surface area contributed by atoms with Gasteiger partial charge in [-0.15, -0.1) is 0 Å². The number of hydrogen-bond acceptors (Lipinski definition) is 0. The van der Waals surface area contributed by atoms with Crippen LogP contribution in [0.25, 0.3) is 0 Å². The van der Waals surface area contributed by atoms with Crippen molar-refractivity contribution in [3.8, 4) is 0 Å². The van der Waals surface area contributed by atoms with Gasteiger partial charge in [-0.1, -0.05) is 0 Å². The van der Waals surface area contributed by atoms with Gasteiger partial charge in [0, 0.05) is 0 Å². The Morgan fingerprint density at radius 3 is 2.08 bits per heavy atom. The van der Waals surface area contributed by atoms with Crippen molar-refractivity contribution in [2.24, 2.45) is 0 Å². The molecule has 1 aromatic rings. The second-order valence-electron chi connectivity index (χ2n) is 3.59. The number of aryl methyl sites for hydroxylation is 2. The number of benzene rings is 1. The Labute approximate surface area is 84.6 Å². The van der Waals surface area contributed by atoms with Gasteiger partial charge in [0.05, 0.1) is 0 Å². The van der Waals surface area contributed by atoms with Crippen molar-refractivity contribution >= 4 is 17.7 Å². The third-order valence-corrected chi connectivity index (χ3v) is 2.87. The van der Waals surface area contributed by atoms with E-state index in [0.717, 1.165) is 5.09 Å². The van der Waals surface area contributed by atoms with Crippen molar-refractivity contribution in [3.05, 3.63) is 33.9 Å². The van der Waals surface area contributed by atoms with Crippen molar-refractivity contribution in [2.75, 3.05) is 0 Å². The zero-order valence-corrected chi connectivity index (χ0v) is 8.78. The topological polar surface area (TPSA) is 0 Å². The zero-order chi connectivity index (χ0) is 9.30. The molecule has 0 radical (unpaired) electrons. The van der Waals surface area contributed by atoms with E-state index in [9.17, 15) is 0 Å². The Kier molecular flexibility index (Phi) is 3.04. The Hall–Kier alpha value is -0.183. The van der Waals surface area contributed by atoms with Crippen LogP contribution in [0.5, 0.6) is 0 Å². The van der Waals surface area contributed by atoms with Gasteiger partial charge in [0.2, 0.25) is 0 Å². The molecule has 0 atom stereocenters. The van der Waals surface area contributed by atoms with Crippen LogP contribution in [-0.2, 0) is 5.09 Å². The average molecular weight is 154 g/mol. The molecule has 1 aromatic carbocycles.